The standard InChI is InChI=1S/C24H30N6O6S/c1-37(35,36)29-19(12-16-6-3-2-4-7-16)22(33)30-11-5-10-24(30,13-20(31)32)23(34)28-15-17-8-9-18(21(25)26)27-14-17/h2-4,6-9,14,19,29H,5,10-13,15H2,1H3,(H3,25,26)(H,28,34)(H,31,32)/t19-,24+/m0/s1. The van der Waals surface area contributed by atoms with Crippen LogP contribution in [0.15, 0.2) is 48.7 Å². The molecule has 1 aromatic heterocycles. The van der Waals surface area contributed by atoms with Crippen LogP contribution in [-0.4, -0.2) is 71.4 Å². The normalized spacial score (nSPS) is 18.2. The topological polar surface area (TPSA) is 196 Å². The predicted molar refractivity (Wildman–Crippen MR) is 135 cm³/mol. The molecule has 2 aromatic rings. The number of benzene rings is 1. The Morgan fingerprint density at radius 2 is 1.89 bits per heavy atom. The van der Waals surface area contributed by atoms with Crippen molar-refractivity contribution in [2.24, 2.45) is 5.73 Å². The lowest BCUT2D eigenvalue weighted by Crippen LogP contribution is -2.62. The van der Waals surface area contributed by atoms with Crippen molar-refractivity contribution in [1.82, 2.24) is 19.9 Å². The number of carboxylic acids is 1. The largest absolute Gasteiger partial charge is 0.481 e. The van der Waals surface area contributed by atoms with Crippen molar-refractivity contribution >= 4 is 33.6 Å². The van der Waals surface area contributed by atoms with Crippen LogP contribution in [0.5, 0.6) is 0 Å². The van der Waals surface area contributed by atoms with Gasteiger partial charge < -0.3 is 21.1 Å². The predicted octanol–water partition coefficient (Wildman–Crippen LogP) is -0.0217. The van der Waals surface area contributed by atoms with E-state index in [0.717, 1.165) is 6.26 Å². The molecule has 12 nitrogen and oxygen atoms in total. The smallest absolute Gasteiger partial charge is 0.306 e. The minimum Gasteiger partial charge on any atom is -0.481 e. The molecule has 1 aliphatic rings. The minimum atomic E-state index is -3.80. The number of aliphatic carboxylic acids is 1. The number of pyridine rings is 1. The van der Waals surface area contributed by atoms with E-state index in [1.54, 1.807) is 36.4 Å². The Kier molecular flexibility index (Phi) is 8.61. The lowest BCUT2D eigenvalue weighted by Gasteiger charge is -2.38. The summed E-state index contributed by atoms with van der Waals surface area (Å²) in [6.45, 7) is 0.105. The second kappa shape index (κ2) is 11.5. The molecule has 0 aliphatic carbocycles. The summed E-state index contributed by atoms with van der Waals surface area (Å²) in [4.78, 5) is 44.2. The quantitative estimate of drug-likeness (QED) is 0.197. The number of amidine groups is 1. The summed E-state index contributed by atoms with van der Waals surface area (Å²) < 4.78 is 26.5. The van der Waals surface area contributed by atoms with Crippen LogP contribution in [0.3, 0.4) is 0 Å². The van der Waals surface area contributed by atoms with Gasteiger partial charge >= 0.3 is 5.97 Å². The Morgan fingerprint density at radius 3 is 2.46 bits per heavy atom. The van der Waals surface area contributed by atoms with E-state index in [-0.39, 0.29) is 37.5 Å². The lowest BCUT2D eigenvalue weighted by molar-refractivity contribution is -0.152. The lowest BCUT2D eigenvalue weighted by atomic mass is 9.89. The average Bonchev–Trinajstić information content (AvgIpc) is 3.25. The van der Waals surface area contributed by atoms with Gasteiger partial charge in [-0.25, -0.2) is 13.1 Å². The van der Waals surface area contributed by atoms with Crippen LogP contribution < -0.4 is 15.8 Å². The highest BCUT2D eigenvalue weighted by molar-refractivity contribution is 7.88. The van der Waals surface area contributed by atoms with Gasteiger partial charge in [0.2, 0.25) is 21.8 Å². The van der Waals surface area contributed by atoms with Crippen molar-refractivity contribution in [1.29, 1.82) is 5.41 Å². The fourth-order valence-electron chi connectivity index (χ4n) is 4.46. The summed E-state index contributed by atoms with van der Waals surface area (Å²) in [5.74, 6) is -2.80. The Bertz CT molecular complexity index is 1270. The first-order valence-electron chi connectivity index (χ1n) is 11.5. The number of sulfonamides is 1. The summed E-state index contributed by atoms with van der Waals surface area (Å²) in [6, 6.07) is 10.7. The van der Waals surface area contributed by atoms with Crippen LogP contribution >= 0.6 is 0 Å². The van der Waals surface area contributed by atoms with E-state index in [0.29, 0.717) is 17.5 Å². The van der Waals surface area contributed by atoms with Gasteiger partial charge in [0.05, 0.1) is 12.7 Å². The number of aromatic nitrogens is 1. The SMILES string of the molecule is CS(=O)(=O)N[C@@H](Cc1ccccc1)C(=O)N1CCC[C@@]1(CC(=O)O)C(=O)NCc1ccc(C(=N)N)nc1. The number of hydrogen-bond donors (Lipinski definition) is 5. The fraction of sp³-hybridized carbons (Fsp3) is 0.375. The van der Waals surface area contributed by atoms with E-state index >= 15 is 0 Å². The van der Waals surface area contributed by atoms with Crippen LogP contribution in [-0.2, 0) is 37.4 Å². The third-order valence-electron chi connectivity index (χ3n) is 6.11. The average molecular weight is 531 g/mol. The maximum absolute atomic E-state index is 13.7. The molecule has 6 N–H and O–H groups in total. The first kappa shape index (κ1) is 27.7. The number of nitrogens with zero attached hydrogens (tertiary/aromatic N) is 2. The monoisotopic (exact) mass is 530 g/mol. The molecule has 0 unspecified atom stereocenters. The summed E-state index contributed by atoms with van der Waals surface area (Å²) in [6.07, 6.45) is 2.24. The molecule has 13 heteroatoms. The molecule has 1 fully saturated rings. The van der Waals surface area contributed by atoms with Crippen molar-refractivity contribution in [3.8, 4) is 0 Å². The van der Waals surface area contributed by atoms with Gasteiger partial charge in [0.25, 0.3) is 0 Å². The number of hydrogen-bond acceptors (Lipinski definition) is 7. The molecule has 2 heterocycles. The maximum Gasteiger partial charge on any atom is 0.306 e. The number of carboxylic acid groups (broad SMARTS) is 1. The molecule has 1 aromatic carbocycles. The summed E-state index contributed by atoms with van der Waals surface area (Å²) in [5.41, 5.74) is 5.27. The van der Waals surface area contributed by atoms with E-state index in [9.17, 15) is 27.9 Å². The van der Waals surface area contributed by atoms with Crippen LogP contribution in [0, 0.1) is 5.41 Å². The van der Waals surface area contributed by atoms with Gasteiger partial charge in [-0.3, -0.25) is 24.8 Å². The molecule has 0 saturated carbocycles. The van der Waals surface area contributed by atoms with Crippen molar-refractivity contribution in [3.05, 3.63) is 65.5 Å². The Hall–Kier alpha value is -3.84. The Labute approximate surface area is 214 Å². The zero-order valence-corrected chi connectivity index (χ0v) is 21.1. The zero-order chi connectivity index (χ0) is 27.2. The highest BCUT2D eigenvalue weighted by Gasteiger charge is 2.52. The molecule has 1 aliphatic heterocycles. The summed E-state index contributed by atoms with van der Waals surface area (Å²) in [5, 5.41) is 19.8. The second-order valence-electron chi connectivity index (χ2n) is 8.98. The molecule has 37 heavy (non-hydrogen) atoms. The van der Waals surface area contributed by atoms with Gasteiger partial charge in [-0.15, -0.1) is 0 Å². The van der Waals surface area contributed by atoms with Gasteiger partial charge in [0.1, 0.15) is 23.1 Å². The van der Waals surface area contributed by atoms with E-state index in [4.69, 9.17) is 11.1 Å². The van der Waals surface area contributed by atoms with E-state index in [2.05, 4.69) is 15.0 Å². The number of nitrogens with one attached hydrogen (secondary N) is 3. The molecule has 2 amide bonds. The first-order valence-corrected chi connectivity index (χ1v) is 13.4. The molecule has 0 spiro atoms. The second-order valence-corrected chi connectivity index (χ2v) is 10.8. The van der Waals surface area contributed by atoms with Crippen molar-refractivity contribution < 1.29 is 27.9 Å². The van der Waals surface area contributed by atoms with Gasteiger partial charge in [0, 0.05) is 19.3 Å². The number of likely N-dealkylation sites (tertiary alicyclic amines) is 1. The number of rotatable bonds is 11. The zero-order valence-electron chi connectivity index (χ0n) is 20.3. The molecule has 0 radical (unpaired) electrons. The van der Waals surface area contributed by atoms with Crippen LogP contribution in [0.4, 0.5) is 0 Å². The maximum atomic E-state index is 13.7. The molecule has 1 saturated heterocycles. The molecule has 198 valence electrons. The van der Waals surface area contributed by atoms with E-state index in [1.165, 1.54) is 17.2 Å². The van der Waals surface area contributed by atoms with Crippen molar-refractivity contribution in [3.63, 3.8) is 0 Å². The number of carbonyl (C=O) groups is 3. The Balaban J connectivity index is 1.87. The van der Waals surface area contributed by atoms with Crippen molar-refractivity contribution in [2.45, 2.75) is 43.8 Å². The highest BCUT2D eigenvalue weighted by Crippen LogP contribution is 2.34. The van der Waals surface area contributed by atoms with Gasteiger partial charge in [-0.1, -0.05) is 36.4 Å². The Morgan fingerprint density at radius 1 is 1.19 bits per heavy atom. The van der Waals surface area contributed by atoms with Gasteiger partial charge in [0.15, 0.2) is 0 Å². The molecule has 0 bridgehead atoms. The van der Waals surface area contributed by atoms with E-state index in [1.807, 2.05) is 0 Å². The number of carbonyl (C=O) groups excluding carboxylic acids is 2. The number of nitrogen functional groups attached to an aromatic ring is 1. The molecule has 2 atom stereocenters. The number of nitrogens with two attached hydrogens (primary N) is 1. The third-order valence-corrected chi connectivity index (χ3v) is 6.82. The first-order chi connectivity index (χ1) is 17.4. The van der Waals surface area contributed by atoms with Crippen LogP contribution in [0.25, 0.3) is 0 Å². The van der Waals surface area contributed by atoms with Gasteiger partial charge in [-0.05, 0) is 36.5 Å². The summed E-state index contributed by atoms with van der Waals surface area (Å²) in [7, 11) is -3.80. The van der Waals surface area contributed by atoms with E-state index < -0.39 is 45.8 Å². The third kappa shape index (κ3) is 7.11. The molecule has 3 rings (SSSR count). The van der Waals surface area contributed by atoms with Crippen molar-refractivity contribution in [2.75, 3.05) is 12.8 Å². The molecular weight excluding hydrogens is 500 g/mol. The highest BCUT2D eigenvalue weighted by atomic mass is 32.2. The van der Waals surface area contributed by atoms with Crippen LogP contribution in [0.1, 0.15) is 36.1 Å². The van der Waals surface area contributed by atoms with Gasteiger partial charge in [-0.2, -0.15) is 0 Å². The minimum absolute atomic E-state index is 0.00243. The number of amides is 2. The molecular formula is C24H30N6O6S. The fourth-order valence-corrected chi connectivity index (χ4v) is 5.16. The van der Waals surface area contributed by atoms with Crippen LogP contribution in [0.2, 0.25) is 0 Å². The summed E-state index contributed by atoms with van der Waals surface area (Å²) >= 11 is 0.